The Bertz CT molecular complexity index is 1240. The lowest BCUT2D eigenvalue weighted by Gasteiger charge is -2.37. The molecule has 4 rings (SSSR count). The third-order valence-electron chi connectivity index (χ3n) is 8.40. The molecule has 4 heterocycles. The summed E-state index contributed by atoms with van der Waals surface area (Å²) in [6, 6.07) is 6.44. The van der Waals surface area contributed by atoms with Gasteiger partial charge in [0, 0.05) is 52.0 Å². The summed E-state index contributed by atoms with van der Waals surface area (Å²) in [5.74, 6) is 0.839. The van der Waals surface area contributed by atoms with Crippen LogP contribution < -0.4 is 5.73 Å². The standard InChI is InChI=1S/C16H28N4O.C16H21N3.C3H10N2.C2H6/c1-12-10-15(20(17-3)13(12)2)14-6-8-19(9-7-14)11-16(21)18(4)5;1-4-14-11-19(12-15-7-5-6-10-17-15)18-16(14)9-8-13(2)3;1-5(2)3-4;1-2/h14-15H,3,6-11H2,1-2,4-5H3;5-8,10-11H,4,9,12H2,1-3H3;3-4H2,1-2H3;1-2H3. The molecule has 10 nitrogen and oxygen atoms in total. The van der Waals surface area contributed by atoms with Gasteiger partial charge >= 0.3 is 0 Å². The van der Waals surface area contributed by atoms with Crippen LogP contribution in [0, 0.1) is 5.92 Å². The highest BCUT2D eigenvalue weighted by Crippen LogP contribution is 2.36. The third kappa shape index (κ3) is 14.5. The van der Waals surface area contributed by atoms with Gasteiger partial charge in [0.25, 0.3) is 0 Å². The number of hydrogen-bond donors (Lipinski definition) is 1. The Morgan fingerprint density at radius 2 is 1.77 bits per heavy atom. The number of carbonyl (C=O) groups excluding carboxylic acids is 1. The molecule has 0 aromatic carbocycles. The predicted octanol–water partition coefficient (Wildman–Crippen LogP) is 5.66. The summed E-state index contributed by atoms with van der Waals surface area (Å²) in [6.45, 7) is 22.4. The number of nitrogens with zero attached hydrogens (tertiary/aromatic N) is 8. The number of pyridine rings is 1. The highest BCUT2D eigenvalue weighted by atomic mass is 16.2. The molecule has 1 atom stereocenters. The first-order chi connectivity index (χ1) is 22.4. The van der Waals surface area contributed by atoms with Gasteiger partial charge in [0.2, 0.25) is 5.91 Å². The van der Waals surface area contributed by atoms with Crippen LogP contribution in [-0.2, 0) is 24.2 Å². The number of hydrogen-bond acceptors (Lipinski definition) is 8. The predicted molar refractivity (Wildman–Crippen MR) is 198 cm³/mol. The van der Waals surface area contributed by atoms with E-state index < -0.39 is 0 Å². The topological polar surface area (TPSA) is 99.1 Å². The summed E-state index contributed by atoms with van der Waals surface area (Å²) in [6.07, 6.45) is 11.5. The third-order valence-corrected chi connectivity index (χ3v) is 8.40. The smallest absolute Gasteiger partial charge is 0.236 e. The van der Waals surface area contributed by atoms with E-state index >= 15 is 0 Å². The van der Waals surface area contributed by atoms with Gasteiger partial charge in [-0.1, -0.05) is 44.1 Å². The van der Waals surface area contributed by atoms with E-state index in [2.05, 4.69) is 78.7 Å². The number of amides is 1. The molecule has 0 bridgehead atoms. The zero-order chi connectivity index (χ0) is 35.5. The van der Waals surface area contributed by atoms with E-state index in [0.29, 0.717) is 25.2 Å². The average molecular weight is 652 g/mol. The van der Waals surface area contributed by atoms with Crippen molar-refractivity contribution in [2.75, 3.05) is 54.5 Å². The van der Waals surface area contributed by atoms with Crippen molar-refractivity contribution >= 4 is 12.6 Å². The Morgan fingerprint density at radius 3 is 2.26 bits per heavy atom. The second-order valence-corrected chi connectivity index (χ2v) is 12.7. The van der Waals surface area contributed by atoms with E-state index in [1.54, 1.807) is 4.90 Å². The molecule has 264 valence electrons. The van der Waals surface area contributed by atoms with Crippen LogP contribution in [0.25, 0.3) is 0 Å². The number of aryl methyl sites for hydroxylation is 1. The van der Waals surface area contributed by atoms with Crippen LogP contribution >= 0.6 is 0 Å². The van der Waals surface area contributed by atoms with E-state index in [0.717, 1.165) is 57.4 Å². The van der Waals surface area contributed by atoms with Gasteiger partial charge in [-0.05, 0) is 104 Å². The zero-order valence-electron chi connectivity index (χ0n) is 31.5. The first kappa shape index (κ1) is 41.7. The Hall–Kier alpha value is -3.34. The molecule has 0 spiro atoms. The Balaban J connectivity index is 0.000000394. The molecule has 1 amide bonds. The lowest BCUT2D eigenvalue weighted by atomic mass is 9.87. The minimum absolute atomic E-state index is 0.192. The maximum Gasteiger partial charge on any atom is 0.236 e. The van der Waals surface area contributed by atoms with Crippen LogP contribution in [0.15, 0.2) is 58.6 Å². The maximum absolute atomic E-state index is 11.8. The number of rotatable bonds is 10. The molecule has 2 aliphatic heterocycles. The lowest BCUT2D eigenvalue weighted by Crippen LogP contribution is -2.44. The van der Waals surface area contributed by atoms with Gasteiger partial charge in [-0.3, -0.25) is 29.3 Å². The van der Waals surface area contributed by atoms with Crippen molar-refractivity contribution < 1.29 is 4.79 Å². The van der Waals surface area contributed by atoms with Crippen LogP contribution in [-0.4, -0.2) is 108 Å². The van der Waals surface area contributed by atoms with Crippen molar-refractivity contribution in [1.82, 2.24) is 34.5 Å². The molecular weight excluding hydrogens is 586 g/mol. The van der Waals surface area contributed by atoms with Crippen molar-refractivity contribution in [2.24, 2.45) is 16.8 Å². The van der Waals surface area contributed by atoms with E-state index in [9.17, 15) is 4.79 Å². The Labute approximate surface area is 286 Å². The van der Waals surface area contributed by atoms with Gasteiger partial charge in [0.05, 0.1) is 30.5 Å². The van der Waals surface area contributed by atoms with Gasteiger partial charge < -0.3 is 10.6 Å². The largest absolute Gasteiger partial charge is 0.348 e. The normalized spacial score (nSPS) is 16.4. The van der Waals surface area contributed by atoms with Gasteiger partial charge in [-0.2, -0.15) is 10.2 Å². The molecule has 10 heteroatoms. The molecule has 0 radical (unpaired) electrons. The fourth-order valence-corrected chi connectivity index (χ4v) is 5.41. The summed E-state index contributed by atoms with van der Waals surface area (Å²) in [5.41, 5.74) is 12.7. The van der Waals surface area contributed by atoms with Crippen molar-refractivity contribution in [3.05, 3.63) is 70.5 Å². The Kier molecular flexibility index (Phi) is 19.8. The van der Waals surface area contributed by atoms with E-state index in [4.69, 9.17) is 5.73 Å². The number of hydrazone groups is 1. The first-order valence-electron chi connectivity index (χ1n) is 17.2. The zero-order valence-corrected chi connectivity index (χ0v) is 31.5. The molecule has 0 aliphatic carbocycles. The molecule has 2 aliphatic rings. The second-order valence-electron chi connectivity index (χ2n) is 12.7. The number of likely N-dealkylation sites (N-methyl/N-ethyl adjacent to an activating group) is 1. The average Bonchev–Trinajstić information content (AvgIpc) is 3.60. The van der Waals surface area contributed by atoms with Crippen molar-refractivity contribution in [3.63, 3.8) is 0 Å². The highest BCUT2D eigenvalue weighted by Gasteiger charge is 2.35. The minimum Gasteiger partial charge on any atom is -0.348 e. The molecule has 1 fully saturated rings. The van der Waals surface area contributed by atoms with Crippen molar-refractivity contribution in [2.45, 2.75) is 93.2 Å². The summed E-state index contributed by atoms with van der Waals surface area (Å²) in [4.78, 5) is 22.0. The number of allylic oxidation sites excluding steroid dienone is 3. The van der Waals surface area contributed by atoms with Crippen LogP contribution in [0.1, 0.15) is 84.7 Å². The van der Waals surface area contributed by atoms with E-state index in [-0.39, 0.29) is 5.91 Å². The number of nitrogens with two attached hydrogens (primary N) is 1. The van der Waals surface area contributed by atoms with Gasteiger partial charge in [0.15, 0.2) is 0 Å². The lowest BCUT2D eigenvalue weighted by molar-refractivity contribution is -0.130. The van der Waals surface area contributed by atoms with Crippen molar-refractivity contribution in [3.8, 4) is 0 Å². The van der Waals surface area contributed by atoms with E-state index in [1.165, 1.54) is 28.1 Å². The number of piperidine rings is 1. The SMILES string of the molecule is C=NN1C(C)=C(C)CC1C1CCN(CC(=O)N(C)C)CC1.CC.CCc1cn(Cc2ccccn2)nc1CC=C(C)C.CN(C)CN. The molecule has 2 aromatic heterocycles. The summed E-state index contributed by atoms with van der Waals surface area (Å²) in [5, 5.41) is 11.0. The first-order valence-corrected chi connectivity index (χ1v) is 17.2. The summed E-state index contributed by atoms with van der Waals surface area (Å²) < 4.78 is 2.00. The van der Waals surface area contributed by atoms with Gasteiger partial charge in [-0.15, -0.1) is 0 Å². The molecule has 2 N–H and O–H groups in total. The van der Waals surface area contributed by atoms with Crippen LogP contribution in [0.2, 0.25) is 0 Å². The molecule has 47 heavy (non-hydrogen) atoms. The quantitative estimate of drug-likeness (QED) is 0.201. The van der Waals surface area contributed by atoms with Crippen LogP contribution in [0.5, 0.6) is 0 Å². The summed E-state index contributed by atoms with van der Waals surface area (Å²) >= 11 is 0. The van der Waals surface area contributed by atoms with Crippen molar-refractivity contribution in [1.29, 1.82) is 0 Å². The molecule has 2 aromatic rings. The number of aromatic nitrogens is 3. The second kappa shape index (κ2) is 22.3. The fraction of sp³-hybridized carbons (Fsp3) is 0.622. The molecule has 1 unspecified atom stereocenters. The minimum atomic E-state index is 0.192. The maximum atomic E-state index is 11.8. The fourth-order valence-electron chi connectivity index (χ4n) is 5.41. The van der Waals surface area contributed by atoms with Gasteiger partial charge in [-0.25, -0.2) is 0 Å². The number of likely N-dealkylation sites (tertiary alicyclic amines) is 1. The van der Waals surface area contributed by atoms with E-state index in [1.807, 2.05) is 76.0 Å². The highest BCUT2D eigenvalue weighted by molar-refractivity contribution is 5.77. The van der Waals surface area contributed by atoms with Gasteiger partial charge in [0.1, 0.15) is 0 Å². The number of carbonyl (C=O) groups is 1. The molecule has 1 saturated heterocycles. The summed E-state index contributed by atoms with van der Waals surface area (Å²) in [7, 11) is 7.50. The Morgan fingerprint density at radius 1 is 1.13 bits per heavy atom. The molecule has 0 saturated carbocycles. The van der Waals surface area contributed by atoms with Crippen LogP contribution in [0.3, 0.4) is 0 Å². The molecular formula is C37H65N9O. The monoisotopic (exact) mass is 652 g/mol. The van der Waals surface area contributed by atoms with Crippen LogP contribution in [0.4, 0.5) is 0 Å².